The molecule has 2 rings (SSSR count). The molecule has 2 amide bonds. The Kier molecular flexibility index (Phi) is 8.75. The maximum atomic E-state index is 12.8. The number of amides is 2. The number of aromatic amines is 2. The van der Waals surface area contributed by atoms with Crippen LogP contribution in [0, 0.1) is 5.92 Å². The van der Waals surface area contributed by atoms with Gasteiger partial charge in [0.1, 0.15) is 6.61 Å². The molecule has 0 saturated heterocycles. The first kappa shape index (κ1) is 24.4. The number of unbranched alkanes of at least 4 members (excludes halogenated alkanes) is 1. The second kappa shape index (κ2) is 11.5. The molecule has 1 aromatic heterocycles. The lowest BCUT2D eigenvalue weighted by Crippen LogP contribution is -2.44. The fourth-order valence-corrected chi connectivity index (χ4v) is 2.60. The van der Waals surface area contributed by atoms with Crippen molar-refractivity contribution in [3.8, 4) is 0 Å². The molecule has 1 heterocycles. The van der Waals surface area contributed by atoms with E-state index in [1.54, 1.807) is 6.07 Å². The van der Waals surface area contributed by atoms with Gasteiger partial charge < -0.3 is 30.1 Å². The molecule has 32 heavy (non-hydrogen) atoms. The zero-order chi connectivity index (χ0) is 23.7. The van der Waals surface area contributed by atoms with Crippen LogP contribution < -0.4 is 16.3 Å². The zero-order valence-corrected chi connectivity index (χ0v) is 17.9. The predicted octanol–water partition coefficient (Wildman–Crippen LogP) is 0.990. The SMILES string of the molecule is C=C(C)C(=O)OCCNC(=O)C(C(=O)Nc1ccc2[nH]c(=O)[nH]c2c1)C(=O)OCCCC. The molecule has 0 spiro atoms. The quantitative estimate of drug-likeness (QED) is 0.173. The second-order valence-electron chi connectivity index (χ2n) is 6.99. The molecule has 0 aliphatic rings. The predicted molar refractivity (Wildman–Crippen MR) is 116 cm³/mol. The number of H-pyrrole nitrogens is 2. The number of anilines is 1. The van der Waals surface area contributed by atoms with Crippen molar-refractivity contribution in [2.75, 3.05) is 25.1 Å². The Bertz CT molecular complexity index is 1070. The Hall–Kier alpha value is -3.89. The van der Waals surface area contributed by atoms with Crippen molar-refractivity contribution in [1.29, 1.82) is 0 Å². The summed E-state index contributed by atoms with van der Waals surface area (Å²) in [5.74, 6) is -5.19. The summed E-state index contributed by atoms with van der Waals surface area (Å²) in [6.07, 6.45) is 1.34. The van der Waals surface area contributed by atoms with Gasteiger partial charge in [0.15, 0.2) is 0 Å². The lowest BCUT2D eigenvalue weighted by Gasteiger charge is -2.16. The molecule has 0 aliphatic heterocycles. The fourth-order valence-electron chi connectivity index (χ4n) is 2.60. The first-order valence-corrected chi connectivity index (χ1v) is 10.0. The van der Waals surface area contributed by atoms with Crippen molar-refractivity contribution in [2.45, 2.75) is 26.7 Å². The van der Waals surface area contributed by atoms with E-state index in [0.717, 1.165) is 6.42 Å². The molecule has 0 radical (unpaired) electrons. The Labute approximate surface area is 183 Å². The summed E-state index contributed by atoms with van der Waals surface area (Å²) >= 11 is 0. The molecule has 0 fully saturated rings. The number of hydrogen-bond donors (Lipinski definition) is 4. The van der Waals surface area contributed by atoms with Crippen LogP contribution in [0.1, 0.15) is 26.7 Å². The van der Waals surface area contributed by atoms with Gasteiger partial charge in [-0.15, -0.1) is 0 Å². The van der Waals surface area contributed by atoms with Crippen LogP contribution in [0.2, 0.25) is 0 Å². The highest BCUT2D eigenvalue weighted by atomic mass is 16.5. The molecular weight excluding hydrogens is 420 g/mol. The summed E-state index contributed by atoms with van der Waals surface area (Å²) in [5, 5.41) is 4.87. The Balaban J connectivity index is 2.07. The summed E-state index contributed by atoms with van der Waals surface area (Å²) in [5.41, 5.74) is 1.04. The molecule has 2 aromatic rings. The molecule has 172 valence electrons. The van der Waals surface area contributed by atoms with Crippen molar-refractivity contribution >= 4 is 40.5 Å². The highest BCUT2D eigenvalue weighted by Gasteiger charge is 2.35. The van der Waals surface area contributed by atoms with Gasteiger partial charge in [0.05, 0.1) is 24.2 Å². The van der Waals surface area contributed by atoms with E-state index in [2.05, 4.69) is 27.2 Å². The van der Waals surface area contributed by atoms with Crippen LogP contribution in [0.15, 0.2) is 35.1 Å². The minimum absolute atomic E-state index is 0.0686. The number of imidazole rings is 1. The van der Waals surface area contributed by atoms with Gasteiger partial charge in [-0.1, -0.05) is 19.9 Å². The summed E-state index contributed by atoms with van der Waals surface area (Å²) in [4.78, 5) is 65.6. The third-order valence-corrected chi connectivity index (χ3v) is 4.27. The molecule has 1 atom stereocenters. The van der Waals surface area contributed by atoms with Gasteiger partial charge in [-0.2, -0.15) is 0 Å². The van der Waals surface area contributed by atoms with E-state index in [1.165, 1.54) is 19.1 Å². The molecule has 0 aliphatic carbocycles. The summed E-state index contributed by atoms with van der Waals surface area (Å²) in [7, 11) is 0. The number of rotatable bonds is 11. The largest absolute Gasteiger partial charge is 0.465 e. The van der Waals surface area contributed by atoms with Crippen molar-refractivity contribution in [1.82, 2.24) is 15.3 Å². The molecule has 4 N–H and O–H groups in total. The number of nitrogens with one attached hydrogen (secondary N) is 4. The minimum Gasteiger partial charge on any atom is -0.465 e. The monoisotopic (exact) mass is 446 g/mol. The smallest absolute Gasteiger partial charge is 0.333 e. The number of hydrogen-bond acceptors (Lipinski definition) is 7. The first-order valence-electron chi connectivity index (χ1n) is 10.0. The third-order valence-electron chi connectivity index (χ3n) is 4.27. The van der Waals surface area contributed by atoms with E-state index in [1.807, 2.05) is 6.92 Å². The normalized spacial score (nSPS) is 11.4. The van der Waals surface area contributed by atoms with Crippen LogP contribution >= 0.6 is 0 Å². The number of esters is 2. The van der Waals surface area contributed by atoms with E-state index in [4.69, 9.17) is 9.47 Å². The fraction of sp³-hybridized carbons (Fsp3) is 0.381. The maximum absolute atomic E-state index is 12.8. The molecule has 1 unspecified atom stereocenters. The Morgan fingerprint density at radius 3 is 2.47 bits per heavy atom. The highest BCUT2D eigenvalue weighted by molar-refractivity contribution is 6.19. The average molecular weight is 446 g/mol. The van der Waals surface area contributed by atoms with Gasteiger partial charge in [-0.25, -0.2) is 9.59 Å². The van der Waals surface area contributed by atoms with Gasteiger partial charge in [-0.3, -0.25) is 14.4 Å². The van der Waals surface area contributed by atoms with E-state index in [0.29, 0.717) is 17.5 Å². The summed E-state index contributed by atoms with van der Waals surface area (Å²) < 4.78 is 9.93. The Morgan fingerprint density at radius 2 is 1.78 bits per heavy atom. The lowest BCUT2D eigenvalue weighted by atomic mass is 10.1. The van der Waals surface area contributed by atoms with E-state index < -0.39 is 35.4 Å². The van der Waals surface area contributed by atoms with Crippen molar-refractivity contribution in [3.63, 3.8) is 0 Å². The highest BCUT2D eigenvalue weighted by Crippen LogP contribution is 2.16. The van der Waals surface area contributed by atoms with Crippen LogP contribution in [0.5, 0.6) is 0 Å². The molecule has 11 nitrogen and oxygen atoms in total. The van der Waals surface area contributed by atoms with Crippen LogP contribution in [0.3, 0.4) is 0 Å². The zero-order valence-electron chi connectivity index (χ0n) is 17.9. The minimum atomic E-state index is -1.77. The number of carbonyl (C=O) groups excluding carboxylic acids is 4. The number of ether oxygens (including phenoxy) is 2. The van der Waals surface area contributed by atoms with E-state index in [-0.39, 0.29) is 31.0 Å². The van der Waals surface area contributed by atoms with E-state index >= 15 is 0 Å². The summed E-state index contributed by atoms with van der Waals surface area (Å²) in [6.45, 7) is 6.62. The lowest BCUT2D eigenvalue weighted by molar-refractivity contribution is -0.155. The average Bonchev–Trinajstić information content (AvgIpc) is 3.10. The number of aromatic nitrogens is 2. The van der Waals surface area contributed by atoms with Crippen molar-refractivity contribution in [3.05, 3.63) is 40.8 Å². The van der Waals surface area contributed by atoms with E-state index in [9.17, 15) is 24.0 Å². The van der Waals surface area contributed by atoms with Crippen molar-refractivity contribution in [2.24, 2.45) is 5.92 Å². The van der Waals surface area contributed by atoms with Crippen LogP contribution in [-0.4, -0.2) is 53.5 Å². The second-order valence-corrected chi connectivity index (χ2v) is 6.99. The number of carbonyl (C=O) groups is 4. The van der Waals surface area contributed by atoms with Crippen molar-refractivity contribution < 1.29 is 28.7 Å². The van der Waals surface area contributed by atoms with Crippen LogP contribution in [0.25, 0.3) is 11.0 Å². The van der Waals surface area contributed by atoms with Crippen LogP contribution in [-0.2, 0) is 28.7 Å². The van der Waals surface area contributed by atoms with Gasteiger partial charge in [0, 0.05) is 11.3 Å². The maximum Gasteiger partial charge on any atom is 0.333 e. The molecule has 0 saturated carbocycles. The topological polar surface area (TPSA) is 159 Å². The molecular formula is C21H26N4O7. The van der Waals surface area contributed by atoms with Gasteiger partial charge >= 0.3 is 17.6 Å². The van der Waals surface area contributed by atoms with Crippen LogP contribution in [0.4, 0.5) is 5.69 Å². The molecule has 11 heteroatoms. The van der Waals surface area contributed by atoms with Gasteiger partial charge in [0.25, 0.3) is 0 Å². The van der Waals surface area contributed by atoms with Gasteiger partial charge in [0.2, 0.25) is 17.7 Å². The summed E-state index contributed by atoms with van der Waals surface area (Å²) in [6, 6.07) is 4.56. The standard InChI is InChI=1S/C21H26N4O7/c1-4-5-9-31-20(29)16(17(26)22-8-10-32-19(28)12(2)3)18(27)23-13-6-7-14-15(11-13)25-21(30)24-14/h6-7,11,16H,2,4-5,8-10H2,1,3H3,(H,22,26)(H,23,27)(H2,24,25,30). The Morgan fingerprint density at radius 1 is 1.06 bits per heavy atom. The third kappa shape index (κ3) is 6.83. The molecule has 1 aromatic carbocycles. The molecule has 0 bridgehead atoms. The van der Waals surface area contributed by atoms with Gasteiger partial charge in [-0.05, 0) is 31.5 Å². The number of benzene rings is 1. The first-order chi connectivity index (χ1) is 15.2. The number of fused-ring (bicyclic) bond motifs is 1.